The first-order valence-electron chi connectivity index (χ1n) is 7.19. The van der Waals surface area contributed by atoms with Gasteiger partial charge in [0.25, 0.3) is 0 Å². The second kappa shape index (κ2) is 6.34. The molecule has 1 aliphatic rings. The number of hydrogen-bond donors (Lipinski definition) is 0. The number of fused-ring (bicyclic) bond motifs is 1. The van der Waals surface area contributed by atoms with Crippen molar-refractivity contribution in [2.75, 3.05) is 0 Å². The van der Waals surface area contributed by atoms with Crippen LogP contribution in [0.25, 0.3) is 10.1 Å². The van der Waals surface area contributed by atoms with Crippen LogP contribution in [-0.4, -0.2) is 0 Å². The van der Waals surface area contributed by atoms with Crippen LogP contribution >= 0.6 is 10.5 Å². The molecule has 0 nitrogen and oxygen atoms in total. The summed E-state index contributed by atoms with van der Waals surface area (Å²) >= 11 is 0. The largest absolute Gasteiger partial charge is 1.00 e. The number of alkyl halides is 3. The topological polar surface area (TPSA) is 0 Å². The quantitative estimate of drug-likeness (QED) is 0.429. The third kappa shape index (κ3) is 3.23. The van der Waals surface area contributed by atoms with Crippen LogP contribution < -0.4 is 4.70 Å². The fraction of sp³-hybridized carbons (Fsp3) is 0.500. The summed E-state index contributed by atoms with van der Waals surface area (Å²) in [7, 11) is -1.70. The van der Waals surface area contributed by atoms with E-state index in [2.05, 4.69) is 0 Å². The SMILES string of the molecule is FC(F)(F)[s+]1c(C2CCCCCC2)cc2ccccc21.[F-]. The molecule has 2 aromatic rings. The van der Waals surface area contributed by atoms with Gasteiger partial charge in [0.15, 0.2) is 9.58 Å². The summed E-state index contributed by atoms with van der Waals surface area (Å²) in [4.78, 5) is 0.639. The Labute approximate surface area is 124 Å². The Balaban J connectivity index is 0.00000161. The summed E-state index contributed by atoms with van der Waals surface area (Å²) in [5.41, 5.74) is -4.15. The fourth-order valence-electron chi connectivity index (χ4n) is 3.23. The molecule has 1 aromatic heterocycles. The zero-order valence-corrected chi connectivity index (χ0v) is 12.4. The van der Waals surface area contributed by atoms with Crippen molar-refractivity contribution in [3.05, 3.63) is 35.2 Å². The Hall–Kier alpha value is -1.10. The van der Waals surface area contributed by atoms with E-state index in [4.69, 9.17) is 0 Å². The van der Waals surface area contributed by atoms with E-state index >= 15 is 0 Å². The molecular weight excluding hydrogens is 300 g/mol. The first-order chi connectivity index (χ1) is 9.57. The molecule has 116 valence electrons. The molecule has 1 saturated carbocycles. The monoisotopic (exact) mass is 318 g/mol. The van der Waals surface area contributed by atoms with Gasteiger partial charge in [0.2, 0.25) is 0 Å². The van der Waals surface area contributed by atoms with E-state index in [1.54, 1.807) is 12.1 Å². The van der Waals surface area contributed by atoms with Crippen LogP contribution in [0, 0.1) is 0 Å². The molecule has 21 heavy (non-hydrogen) atoms. The Kier molecular flexibility index (Phi) is 4.91. The first kappa shape index (κ1) is 16.3. The number of halogens is 4. The lowest BCUT2D eigenvalue weighted by Crippen LogP contribution is -3.00. The maximum Gasteiger partial charge on any atom is 0.600 e. The zero-order valence-electron chi connectivity index (χ0n) is 11.6. The molecule has 1 aromatic carbocycles. The molecule has 0 spiro atoms. The average molecular weight is 318 g/mol. The van der Waals surface area contributed by atoms with Crippen molar-refractivity contribution in [2.45, 2.75) is 50.0 Å². The van der Waals surface area contributed by atoms with E-state index < -0.39 is 16.0 Å². The predicted molar refractivity (Wildman–Crippen MR) is 78.2 cm³/mol. The van der Waals surface area contributed by atoms with Crippen LogP contribution in [0.4, 0.5) is 13.2 Å². The third-order valence-electron chi connectivity index (χ3n) is 4.16. The molecule has 0 amide bonds. The highest BCUT2D eigenvalue weighted by atomic mass is 32.2. The van der Waals surface area contributed by atoms with E-state index in [0.29, 0.717) is 9.58 Å². The van der Waals surface area contributed by atoms with Gasteiger partial charge < -0.3 is 4.70 Å². The Morgan fingerprint density at radius 2 is 1.57 bits per heavy atom. The van der Waals surface area contributed by atoms with Crippen LogP contribution in [0.2, 0.25) is 0 Å². The van der Waals surface area contributed by atoms with Crippen LogP contribution in [0.3, 0.4) is 0 Å². The normalized spacial score (nSPS) is 18.3. The molecule has 1 unspecified atom stereocenters. The van der Waals surface area contributed by atoms with Crippen molar-refractivity contribution in [3.8, 4) is 0 Å². The molecular formula is C16H18F4S. The molecule has 3 rings (SSSR count). The van der Waals surface area contributed by atoms with Gasteiger partial charge in [0, 0.05) is 17.4 Å². The van der Waals surface area contributed by atoms with Crippen molar-refractivity contribution in [1.82, 2.24) is 0 Å². The lowest BCUT2D eigenvalue weighted by molar-refractivity contribution is -0.0868. The van der Waals surface area contributed by atoms with Gasteiger partial charge in [0.05, 0.1) is 10.5 Å². The predicted octanol–water partition coefficient (Wildman–Crippen LogP) is 3.51. The summed E-state index contributed by atoms with van der Waals surface area (Å²) < 4.78 is 41.0. The minimum Gasteiger partial charge on any atom is -1.00 e. The summed E-state index contributed by atoms with van der Waals surface area (Å²) in [5.74, 6) is 0.120. The van der Waals surface area contributed by atoms with Crippen LogP contribution in [-0.2, 0) is 5.51 Å². The number of hydrogen-bond acceptors (Lipinski definition) is 0. The van der Waals surface area contributed by atoms with Crippen molar-refractivity contribution in [2.24, 2.45) is 0 Å². The summed E-state index contributed by atoms with van der Waals surface area (Å²) in [6.07, 6.45) is 6.28. The number of rotatable bonds is 1. The lowest BCUT2D eigenvalue weighted by atomic mass is 9.98. The van der Waals surface area contributed by atoms with Crippen LogP contribution in [0.1, 0.15) is 49.3 Å². The van der Waals surface area contributed by atoms with Crippen LogP contribution in [0.5, 0.6) is 0 Å². The first-order valence-corrected chi connectivity index (χ1v) is 8.41. The van der Waals surface area contributed by atoms with Crippen molar-refractivity contribution in [1.29, 1.82) is 0 Å². The molecule has 0 bridgehead atoms. The molecule has 1 atom stereocenters. The van der Waals surface area contributed by atoms with Gasteiger partial charge in [-0.05, 0) is 25.0 Å². The van der Waals surface area contributed by atoms with E-state index in [1.165, 1.54) is 0 Å². The summed E-state index contributed by atoms with van der Waals surface area (Å²) in [5, 5.41) is 0.771. The third-order valence-corrected chi connectivity index (χ3v) is 6.36. The van der Waals surface area contributed by atoms with E-state index in [1.807, 2.05) is 18.2 Å². The maximum absolute atomic E-state index is 13.5. The minimum atomic E-state index is -4.15. The Morgan fingerprint density at radius 1 is 0.952 bits per heavy atom. The highest BCUT2D eigenvalue weighted by Crippen LogP contribution is 2.54. The van der Waals surface area contributed by atoms with Crippen molar-refractivity contribution in [3.63, 3.8) is 0 Å². The second-order valence-corrected chi connectivity index (χ2v) is 7.51. The second-order valence-electron chi connectivity index (χ2n) is 5.52. The van der Waals surface area contributed by atoms with Gasteiger partial charge in [-0.15, -0.1) is 13.2 Å². The molecule has 1 fully saturated rings. The van der Waals surface area contributed by atoms with E-state index in [0.717, 1.165) is 43.9 Å². The highest BCUT2D eigenvalue weighted by Gasteiger charge is 2.49. The zero-order chi connectivity index (χ0) is 14.2. The van der Waals surface area contributed by atoms with Gasteiger partial charge in [-0.3, -0.25) is 0 Å². The minimum absolute atomic E-state index is 0. The number of thiophene rings is 1. The fourth-order valence-corrected chi connectivity index (χ4v) is 5.39. The van der Waals surface area contributed by atoms with Crippen molar-refractivity contribution >= 4 is 20.6 Å². The molecule has 5 heteroatoms. The Bertz CT molecular complexity index is 592. The molecule has 1 heterocycles. The van der Waals surface area contributed by atoms with E-state index in [9.17, 15) is 13.2 Å². The standard InChI is InChI=1S/C16H18F3S.FH/c17-16(18,19)20-14-10-6-5-9-13(14)11-15(20)12-7-3-1-2-4-8-12;/h5-6,9-12H,1-4,7-8H2;1H/q+1;/p-1. The Morgan fingerprint density at radius 3 is 2.19 bits per heavy atom. The van der Waals surface area contributed by atoms with Gasteiger partial charge >= 0.3 is 5.51 Å². The van der Waals surface area contributed by atoms with Gasteiger partial charge in [-0.1, -0.05) is 37.8 Å². The smallest absolute Gasteiger partial charge is 0.600 e. The molecule has 0 aliphatic heterocycles. The summed E-state index contributed by atoms with van der Waals surface area (Å²) in [6, 6.07) is 8.82. The van der Waals surface area contributed by atoms with Gasteiger partial charge in [0.1, 0.15) is 0 Å². The average Bonchev–Trinajstić information content (AvgIpc) is 2.59. The molecule has 1 aliphatic carbocycles. The number of benzene rings is 1. The van der Waals surface area contributed by atoms with Crippen LogP contribution in [0.15, 0.2) is 30.3 Å². The molecule has 0 radical (unpaired) electrons. The molecule has 0 N–H and O–H groups in total. The van der Waals surface area contributed by atoms with E-state index in [-0.39, 0.29) is 10.6 Å². The lowest BCUT2D eigenvalue weighted by Gasteiger charge is -2.10. The van der Waals surface area contributed by atoms with Crippen molar-refractivity contribution < 1.29 is 17.9 Å². The maximum atomic E-state index is 13.5. The summed E-state index contributed by atoms with van der Waals surface area (Å²) in [6.45, 7) is 0. The van der Waals surface area contributed by atoms with Gasteiger partial charge in [-0.25, -0.2) is 0 Å². The highest BCUT2D eigenvalue weighted by molar-refractivity contribution is 7.38. The van der Waals surface area contributed by atoms with Gasteiger partial charge in [-0.2, -0.15) is 0 Å². The molecule has 0 saturated heterocycles.